The van der Waals surface area contributed by atoms with Crippen molar-refractivity contribution in [3.63, 3.8) is 0 Å². The molecule has 3 rings (SSSR count). The molecule has 0 aromatic heterocycles. The minimum atomic E-state index is -0.326. The highest BCUT2D eigenvalue weighted by Gasteiger charge is 2.26. The van der Waals surface area contributed by atoms with Crippen molar-refractivity contribution in [2.75, 3.05) is 11.4 Å². The number of hydrogen-bond acceptors (Lipinski definition) is 2. The zero-order valence-electron chi connectivity index (χ0n) is 11.8. The predicted molar refractivity (Wildman–Crippen MR) is 79.2 cm³/mol. The molecule has 1 heterocycles. The number of hydrogen-bond donors (Lipinski definition) is 1. The molecule has 0 bridgehead atoms. The first kappa shape index (κ1) is 13.6. The zero-order chi connectivity index (χ0) is 15.0. The van der Waals surface area contributed by atoms with Crippen LogP contribution in [0.4, 0.5) is 10.1 Å². The standard InChI is InChI=1S/C17H16FNO2/c1-11-10-13(7-8-14(11)18)17(21)19-9-3-5-12-4-2-6-15(20)16(12)19/h2,4,6-8,10,20H,3,5,9H2,1H3. The number of fused-ring (bicyclic) bond motifs is 1. The summed E-state index contributed by atoms with van der Waals surface area (Å²) in [5, 5.41) is 10.1. The third kappa shape index (κ3) is 2.37. The van der Waals surface area contributed by atoms with Crippen molar-refractivity contribution in [3.05, 3.63) is 58.9 Å². The first-order valence-electron chi connectivity index (χ1n) is 6.97. The molecule has 0 saturated heterocycles. The summed E-state index contributed by atoms with van der Waals surface area (Å²) in [6.45, 7) is 2.19. The molecule has 0 fully saturated rings. The van der Waals surface area contributed by atoms with E-state index in [1.54, 1.807) is 30.0 Å². The van der Waals surface area contributed by atoms with Gasteiger partial charge in [-0.25, -0.2) is 4.39 Å². The van der Waals surface area contributed by atoms with E-state index in [1.807, 2.05) is 6.07 Å². The van der Waals surface area contributed by atoms with Crippen LogP contribution >= 0.6 is 0 Å². The molecule has 1 N–H and O–H groups in total. The number of aromatic hydroxyl groups is 1. The fourth-order valence-electron chi connectivity index (χ4n) is 2.77. The average molecular weight is 285 g/mol. The average Bonchev–Trinajstić information content (AvgIpc) is 2.49. The first-order valence-corrected chi connectivity index (χ1v) is 6.97. The Labute approximate surface area is 122 Å². The van der Waals surface area contributed by atoms with E-state index in [9.17, 15) is 14.3 Å². The van der Waals surface area contributed by atoms with Crippen LogP contribution in [0.25, 0.3) is 0 Å². The van der Waals surface area contributed by atoms with Gasteiger partial charge in [0.05, 0.1) is 5.69 Å². The van der Waals surface area contributed by atoms with Gasteiger partial charge in [-0.3, -0.25) is 4.79 Å². The Hall–Kier alpha value is -2.36. The lowest BCUT2D eigenvalue weighted by Crippen LogP contribution is -2.35. The van der Waals surface area contributed by atoms with Crippen molar-refractivity contribution in [3.8, 4) is 5.75 Å². The van der Waals surface area contributed by atoms with Crippen LogP contribution in [0.3, 0.4) is 0 Å². The number of anilines is 1. The van der Waals surface area contributed by atoms with Crippen LogP contribution < -0.4 is 4.90 Å². The van der Waals surface area contributed by atoms with Gasteiger partial charge >= 0.3 is 0 Å². The molecule has 0 unspecified atom stereocenters. The second kappa shape index (κ2) is 5.20. The molecule has 1 aliphatic rings. The minimum absolute atomic E-state index is 0.111. The van der Waals surface area contributed by atoms with Gasteiger partial charge in [-0.15, -0.1) is 0 Å². The molecule has 0 atom stereocenters. The summed E-state index contributed by atoms with van der Waals surface area (Å²) < 4.78 is 13.3. The Morgan fingerprint density at radius 2 is 2.10 bits per heavy atom. The number of phenols is 1. The normalized spacial score (nSPS) is 13.9. The van der Waals surface area contributed by atoms with Gasteiger partial charge < -0.3 is 10.0 Å². The van der Waals surface area contributed by atoms with Crippen molar-refractivity contribution in [1.82, 2.24) is 0 Å². The molecule has 21 heavy (non-hydrogen) atoms. The molecule has 3 nitrogen and oxygen atoms in total. The minimum Gasteiger partial charge on any atom is -0.506 e. The van der Waals surface area contributed by atoms with Gasteiger partial charge in [-0.2, -0.15) is 0 Å². The SMILES string of the molecule is Cc1cc(C(=O)N2CCCc3cccc(O)c32)ccc1F. The summed E-state index contributed by atoms with van der Waals surface area (Å²) in [5.74, 6) is -0.423. The summed E-state index contributed by atoms with van der Waals surface area (Å²) in [5.41, 5.74) is 2.42. The third-order valence-corrected chi connectivity index (χ3v) is 3.85. The van der Waals surface area contributed by atoms with Gasteiger partial charge in [0, 0.05) is 12.1 Å². The number of carbonyl (C=O) groups excluding carboxylic acids is 1. The number of nitrogens with zero attached hydrogens (tertiary/aromatic N) is 1. The highest BCUT2D eigenvalue weighted by Crippen LogP contribution is 2.36. The van der Waals surface area contributed by atoms with Crippen molar-refractivity contribution in [2.24, 2.45) is 0 Å². The van der Waals surface area contributed by atoms with Crippen LogP contribution in [0, 0.1) is 12.7 Å². The summed E-state index contributed by atoms with van der Waals surface area (Å²) in [4.78, 5) is 14.3. The summed E-state index contributed by atoms with van der Waals surface area (Å²) in [6, 6.07) is 9.62. The molecule has 108 valence electrons. The second-order valence-corrected chi connectivity index (χ2v) is 5.31. The Kier molecular flexibility index (Phi) is 3.37. The van der Waals surface area contributed by atoms with Gasteiger partial charge in [0.2, 0.25) is 0 Å². The van der Waals surface area contributed by atoms with Crippen LogP contribution in [0.15, 0.2) is 36.4 Å². The Morgan fingerprint density at radius 1 is 1.29 bits per heavy atom. The van der Waals surface area contributed by atoms with Crippen LogP contribution in [-0.4, -0.2) is 17.6 Å². The number of aryl methyl sites for hydroxylation is 2. The molecule has 2 aromatic carbocycles. The van der Waals surface area contributed by atoms with Crippen LogP contribution in [0.2, 0.25) is 0 Å². The molecule has 4 heteroatoms. The number of rotatable bonds is 1. The highest BCUT2D eigenvalue weighted by atomic mass is 19.1. The van der Waals surface area contributed by atoms with Gasteiger partial charge in [0.15, 0.2) is 0 Å². The number of benzene rings is 2. The molecule has 2 aromatic rings. The number of halogens is 1. The monoisotopic (exact) mass is 285 g/mol. The molecule has 0 aliphatic carbocycles. The lowest BCUT2D eigenvalue weighted by atomic mass is 9.99. The highest BCUT2D eigenvalue weighted by molar-refractivity contribution is 6.07. The van der Waals surface area contributed by atoms with E-state index in [1.165, 1.54) is 12.1 Å². The molecular weight excluding hydrogens is 269 g/mol. The van der Waals surface area contributed by atoms with E-state index in [0.717, 1.165) is 18.4 Å². The first-order chi connectivity index (χ1) is 10.1. The molecule has 1 aliphatic heterocycles. The lowest BCUT2D eigenvalue weighted by molar-refractivity contribution is 0.0984. The van der Waals surface area contributed by atoms with E-state index < -0.39 is 0 Å². The largest absolute Gasteiger partial charge is 0.506 e. The Balaban J connectivity index is 2.02. The van der Waals surface area contributed by atoms with E-state index in [4.69, 9.17) is 0 Å². The quantitative estimate of drug-likeness (QED) is 0.872. The van der Waals surface area contributed by atoms with E-state index in [2.05, 4.69) is 0 Å². The van der Waals surface area contributed by atoms with Gasteiger partial charge in [-0.05, 0) is 55.2 Å². The van der Waals surface area contributed by atoms with E-state index >= 15 is 0 Å². The third-order valence-electron chi connectivity index (χ3n) is 3.85. The molecular formula is C17H16FNO2. The van der Waals surface area contributed by atoms with Crippen LogP contribution in [0.5, 0.6) is 5.75 Å². The summed E-state index contributed by atoms with van der Waals surface area (Å²) in [7, 11) is 0. The number of para-hydroxylation sites is 1. The van der Waals surface area contributed by atoms with Gasteiger partial charge in [0.25, 0.3) is 5.91 Å². The predicted octanol–water partition coefficient (Wildman–Crippen LogP) is 3.43. The maximum Gasteiger partial charge on any atom is 0.258 e. The number of phenolic OH excluding ortho intramolecular Hbond substituents is 1. The van der Waals surface area contributed by atoms with E-state index in [0.29, 0.717) is 23.4 Å². The van der Waals surface area contributed by atoms with E-state index in [-0.39, 0.29) is 17.5 Å². The van der Waals surface area contributed by atoms with Crippen molar-refractivity contribution < 1.29 is 14.3 Å². The van der Waals surface area contributed by atoms with Gasteiger partial charge in [-0.1, -0.05) is 12.1 Å². The fraction of sp³-hybridized carbons (Fsp3) is 0.235. The molecule has 0 saturated carbocycles. The van der Waals surface area contributed by atoms with Crippen molar-refractivity contribution in [2.45, 2.75) is 19.8 Å². The topological polar surface area (TPSA) is 40.5 Å². The zero-order valence-corrected chi connectivity index (χ0v) is 11.8. The Morgan fingerprint density at radius 3 is 2.86 bits per heavy atom. The second-order valence-electron chi connectivity index (χ2n) is 5.31. The Bertz CT molecular complexity index is 712. The smallest absolute Gasteiger partial charge is 0.258 e. The molecule has 1 amide bonds. The van der Waals surface area contributed by atoms with Crippen LogP contribution in [-0.2, 0) is 6.42 Å². The lowest BCUT2D eigenvalue weighted by Gasteiger charge is -2.30. The maximum atomic E-state index is 13.3. The number of amides is 1. The van der Waals surface area contributed by atoms with Crippen molar-refractivity contribution >= 4 is 11.6 Å². The van der Waals surface area contributed by atoms with Crippen molar-refractivity contribution in [1.29, 1.82) is 0 Å². The summed E-state index contributed by atoms with van der Waals surface area (Å²) >= 11 is 0. The maximum absolute atomic E-state index is 13.3. The summed E-state index contributed by atoms with van der Waals surface area (Å²) in [6.07, 6.45) is 1.69. The van der Waals surface area contributed by atoms with Crippen LogP contribution in [0.1, 0.15) is 27.9 Å². The number of carbonyl (C=O) groups is 1. The fourth-order valence-corrected chi connectivity index (χ4v) is 2.77. The molecule has 0 spiro atoms. The van der Waals surface area contributed by atoms with Gasteiger partial charge in [0.1, 0.15) is 11.6 Å². The molecule has 0 radical (unpaired) electrons.